The van der Waals surface area contributed by atoms with Crippen LogP contribution in [0.4, 0.5) is 0 Å². The van der Waals surface area contributed by atoms with Crippen LogP contribution in [0.1, 0.15) is 83.3 Å². The molecule has 2 aromatic carbocycles. The molecule has 182 valence electrons. The molecule has 1 fully saturated rings. The molecule has 1 saturated carbocycles. The van der Waals surface area contributed by atoms with Gasteiger partial charge in [0.05, 0.1) is 19.3 Å². The summed E-state index contributed by atoms with van der Waals surface area (Å²) in [7, 11) is 1.69. The molecule has 1 unspecified atom stereocenters. The van der Waals surface area contributed by atoms with Crippen molar-refractivity contribution in [1.82, 2.24) is 5.32 Å². The Hall–Kier alpha value is -2.20. The van der Waals surface area contributed by atoms with Crippen LogP contribution in [0.25, 0.3) is 0 Å². The van der Waals surface area contributed by atoms with Crippen molar-refractivity contribution in [3.8, 4) is 17.2 Å². The highest BCUT2D eigenvalue weighted by molar-refractivity contribution is 5.43. The van der Waals surface area contributed by atoms with Crippen molar-refractivity contribution >= 4 is 0 Å². The first-order chi connectivity index (χ1) is 16.0. The summed E-state index contributed by atoms with van der Waals surface area (Å²) >= 11 is 0. The quantitative estimate of drug-likeness (QED) is 0.348. The third kappa shape index (κ3) is 7.96. The van der Waals surface area contributed by atoms with Gasteiger partial charge < -0.3 is 19.5 Å². The third-order valence-electron chi connectivity index (χ3n) is 6.45. The zero-order valence-electron chi connectivity index (χ0n) is 21.2. The molecule has 0 aromatic heterocycles. The molecule has 0 saturated heterocycles. The molecular weight excluding hydrogens is 410 g/mol. The van der Waals surface area contributed by atoms with Crippen LogP contribution in [0.3, 0.4) is 0 Å². The van der Waals surface area contributed by atoms with Crippen LogP contribution in [-0.4, -0.2) is 25.9 Å². The highest BCUT2D eigenvalue weighted by Crippen LogP contribution is 2.38. The molecule has 1 N–H and O–H groups in total. The van der Waals surface area contributed by atoms with Gasteiger partial charge in [0, 0.05) is 6.54 Å². The van der Waals surface area contributed by atoms with Gasteiger partial charge in [-0.05, 0) is 101 Å². The van der Waals surface area contributed by atoms with Crippen molar-refractivity contribution in [2.24, 2.45) is 5.92 Å². The maximum absolute atomic E-state index is 5.93. The van der Waals surface area contributed by atoms with E-state index in [4.69, 9.17) is 14.2 Å². The second-order valence-electron chi connectivity index (χ2n) is 9.86. The summed E-state index contributed by atoms with van der Waals surface area (Å²) in [6.07, 6.45) is 8.31. The lowest BCUT2D eigenvalue weighted by Gasteiger charge is -2.31. The molecule has 33 heavy (non-hydrogen) atoms. The lowest BCUT2D eigenvalue weighted by Crippen LogP contribution is -2.22. The highest BCUT2D eigenvalue weighted by atomic mass is 16.5. The van der Waals surface area contributed by atoms with Crippen molar-refractivity contribution in [1.29, 1.82) is 0 Å². The zero-order valence-corrected chi connectivity index (χ0v) is 21.2. The van der Waals surface area contributed by atoms with Gasteiger partial charge in [0.2, 0.25) is 0 Å². The molecule has 1 atom stereocenters. The van der Waals surface area contributed by atoms with Crippen molar-refractivity contribution in [2.75, 3.05) is 13.7 Å². The van der Waals surface area contributed by atoms with Crippen LogP contribution in [-0.2, 0) is 6.54 Å². The second kappa shape index (κ2) is 12.9. The minimum absolute atomic E-state index is 0.121. The normalized spacial score (nSPS) is 15.6. The van der Waals surface area contributed by atoms with Gasteiger partial charge >= 0.3 is 0 Å². The molecule has 0 amide bonds. The molecule has 0 spiro atoms. The number of hydrogen-bond acceptors (Lipinski definition) is 4. The largest absolute Gasteiger partial charge is 0.493 e. The summed E-state index contributed by atoms with van der Waals surface area (Å²) in [5.41, 5.74) is 2.67. The molecular formula is C29H43NO3. The Morgan fingerprint density at radius 1 is 0.848 bits per heavy atom. The van der Waals surface area contributed by atoms with Gasteiger partial charge in [-0.1, -0.05) is 37.5 Å². The van der Waals surface area contributed by atoms with Crippen LogP contribution in [0, 0.1) is 5.92 Å². The highest BCUT2D eigenvalue weighted by Gasteiger charge is 2.25. The number of hydrogen-bond donors (Lipinski definition) is 1. The monoisotopic (exact) mass is 453 g/mol. The minimum Gasteiger partial charge on any atom is -0.493 e. The van der Waals surface area contributed by atoms with E-state index in [1.807, 2.05) is 19.9 Å². The molecule has 1 aliphatic carbocycles. The summed E-state index contributed by atoms with van der Waals surface area (Å²) < 4.78 is 17.2. The van der Waals surface area contributed by atoms with Gasteiger partial charge in [-0.3, -0.25) is 0 Å². The van der Waals surface area contributed by atoms with E-state index in [1.54, 1.807) is 7.11 Å². The first kappa shape index (κ1) is 25.4. The van der Waals surface area contributed by atoms with Gasteiger partial charge in [-0.15, -0.1) is 0 Å². The summed E-state index contributed by atoms with van der Waals surface area (Å²) in [6, 6.07) is 15.1. The third-order valence-corrected chi connectivity index (χ3v) is 6.45. The van der Waals surface area contributed by atoms with Crippen molar-refractivity contribution in [2.45, 2.75) is 90.9 Å². The summed E-state index contributed by atoms with van der Waals surface area (Å²) in [6.45, 7) is 10.1. The fourth-order valence-electron chi connectivity index (χ4n) is 4.94. The van der Waals surface area contributed by atoms with Gasteiger partial charge in [-0.25, -0.2) is 0 Å². The zero-order chi connectivity index (χ0) is 23.6. The fourth-order valence-corrected chi connectivity index (χ4v) is 4.94. The van der Waals surface area contributed by atoms with E-state index in [0.717, 1.165) is 42.7 Å². The smallest absolute Gasteiger partial charge is 0.161 e. The molecule has 0 radical (unpaired) electrons. The van der Waals surface area contributed by atoms with Gasteiger partial charge in [0.25, 0.3) is 0 Å². The molecule has 1 aliphatic rings. The number of ether oxygens (including phenoxy) is 3. The predicted molar refractivity (Wildman–Crippen MR) is 137 cm³/mol. The Kier molecular flexibility index (Phi) is 9.93. The molecule has 0 aliphatic heterocycles. The van der Waals surface area contributed by atoms with Crippen LogP contribution >= 0.6 is 0 Å². The molecule has 0 bridgehead atoms. The second-order valence-corrected chi connectivity index (χ2v) is 9.86. The number of benzene rings is 2. The standard InChI is InChI=1S/C29H43NO3/c1-21(2)32-26-14-12-25(13-15-26)27(24-9-7-6-8-10-24)17-18-30-20-23-11-16-28(31-5)29(19-23)33-22(3)4/h11-16,19,21-22,24,27,30H,6-10,17-18,20H2,1-5H3. The minimum atomic E-state index is 0.121. The fraction of sp³-hybridized carbons (Fsp3) is 0.586. The van der Waals surface area contributed by atoms with Crippen molar-refractivity contribution in [3.05, 3.63) is 53.6 Å². The Bertz CT molecular complexity index is 825. The Morgan fingerprint density at radius 3 is 2.18 bits per heavy atom. The van der Waals surface area contributed by atoms with E-state index in [-0.39, 0.29) is 12.2 Å². The Labute approximate surface area is 201 Å². The van der Waals surface area contributed by atoms with Crippen LogP contribution in [0.2, 0.25) is 0 Å². The molecule has 4 heteroatoms. The van der Waals surface area contributed by atoms with Crippen LogP contribution in [0.15, 0.2) is 42.5 Å². The number of methoxy groups -OCH3 is 1. The van der Waals surface area contributed by atoms with E-state index >= 15 is 0 Å². The molecule has 3 rings (SSSR count). The van der Waals surface area contributed by atoms with E-state index in [0.29, 0.717) is 5.92 Å². The van der Waals surface area contributed by atoms with E-state index in [1.165, 1.54) is 43.2 Å². The molecule has 4 nitrogen and oxygen atoms in total. The lowest BCUT2D eigenvalue weighted by molar-refractivity contribution is 0.230. The van der Waals surface area contributed by atoms with Crippen molar-refractivity contribution in [3.63, 3.8) is 0 Å². The first-order valence-electron chi connectivity index (χ1n) is 12.8. The maximum atomic E-state index is 5.93. The maximum Gasteiger partial charge on any atom is 0.161 e. The van der Waals surface area contributed by atoms with Crippen LogP contribution < -0.4 is 19.5 Å². The average Bonchev–Trinajstić information content (AvgIpc) is 2.80. The predicted octanol–water partition coefficient (Wildman–Crippen LogP) is 7.11. The Morgan fingerprint density at radius 2 is 1.55 bits per heavy atom. The van der Waals surface area contributed by atoms with E-state index in [9.17, 15) is 0 Å². The van der Waals surface area contributed by atoms with E-state index < -0.39 is 0 Å². The first-order valence-corrected chi connectivity index (χ1v) is 12.8. The topological polar surface area (TPSA) is 39.7 Å². The van der Waals surface area contributed by atoms with Crippen molar-refractivity contribution < 1.29 is 14.2 Å². The summed E-state index contributed by atoms with van der Waals surface area (Å²) in [4.78, 5) is 0. The SMILES string of the molecule is COc1ccc(CNCCC(c2ccc(OC(C)C)cc2)C2CCCCC2)cc1OC(C)C. The lowest BCUT2D eigenvalue weighted by atomic mass is 9.75. The summed E-state index contributed by atoms with van der Waals surface area (Å²) in [5, 5.41) is 3.68. The van der Waals surface area contributed by atoms with E-state index in [2.05, 4.69) is 55.6 Å². The molecule has 2 aromatic rings. The van der Waals surface area contributed by atoms with Crippen LogP contribution in [0.5, 0.6) is 17.2 Å². The van der Waals surface area contributed by atoms with Gasteiger partial charge in [0.15, 0.2) is 11.5 Å². The number of rotatable bonds is 12. The van der Waals surface area contributed by atoms with Gasteiger partial charge in [-0.2, -0.15) is 0 Å². The number of nitrogens with one attached hydrogen (secondary N) is 1. The van der Waals surface area contributed by atoms with Gasteiger partial charge in [0.1, 0.15) is 5.75 Å². The molecule has 0 heterocycles. The Balaban J connectivity index is 1.60. The summed E-state index contributed by atoms with van der Waals surface area (Å²) in [5.74, 6) is 3.95. The average molecular weight is 454 g/mol.